The first-order valence-corrected chi connectivity index (χ1v) is 6.84. The molecule has 0 bridgehead atoms. The van der Waals surface area contributed by atoms with Crippen LogP contribution in [0, 0.1) is 0 Å². The molecule has 0 aliphatic heterocycles. The molecule has 0 radical (unpaired) electrons. The van der Waals surface area contributed by atoms with E-state index in [4.69, 9.17) is 4.74 Å². The summed E-state index contributed by atoms with van der Waals surface area (Å²) in [6.45, 7) is 0. The number of methoxy groups -OCH3 is 1. The Bertz CT molecular complexity index is 854. The molecule has 1 aromatic heterocycles. The second kappa shape index (κ2) is 5.84. The van der Waals surface area contributed by atoms with Crippen LogP contribution in [-0.2, 0) is 0 Å². The zero-order chi connectivity index (χ0) is 16.4. The van der Waals surface area contributed by atoms with Crippen molar-refractivity contribution < 1.29 is 19.7 Å². The first kappa shape index (κ1) is 14.6. The number of carbonyl (C=O) groups excluding carboxylic acids is 1. The lowest BCUT2D eigenvalue weighted by Gasteiger charge is -2.04. The molecular weight excluding hydrogens is 296 g/mol. The van der Waals surface area contributed by atoms with Gasteiger partial charge in [0.05, 0.1) is 18.4 Å². The van der Waals surface area contributed by atoms with E-state index in [1.54, 1.807) is 37.6 Å². The van der Waals surface area contributed by atoms with Crippen molar-refractivity contribution in [1.82, 2.24) is 9.78 Å². The second-order valence-corrected chi connectivity index (χ2v) is 4.89. The number of aromatic nitrogens is 2. The van der Waals surface area contributed by atoms with Crippen LogP contribution in [0.25, 0.3) is 16.9 Å². The van der Waals surface area contributed by atoms with E-state index in [1.807, 2.05) is 0 Å². The van der Waals surface area contributed by atoms with Crippen LogP contribution >= 0.6 is 0 Å². The summed E-state index contributed by atoms with van der Waals surface area (Å²) in [5.41, 5.74) is 1.63. The largest absolute Gasteiger partial charge is 0.508 e. The average molecular weight is 310 g/mol. The molecule has 0 atom stereocenters. The van der Waals surface area contributed by atoms with Crippen molar-refractivity contribution in [3.63, 3.8) is 0 Å². The molecular formula is C17H14N2O4. The summed E-state index contributed by atoms with van der Waals surface area (Å²) in [6.07, 6.45) is 2.22. The Kier molecular flexibility index (Phi) is 3.72. The molecule has 0 saturated carbocycles. The Balaban J connectivity index is 2.10. The molecule has 2 N–H and O–H groups in total. The molecule has 0 aliphatic rings. The molecule has 1 heterocycles. The van der Waals surface area contributed by atoms with Crippen LogP contribution in [0.15, 0.2) is 48.7 Å². The van der Waals surface area contributed by atoms with E-state index in [0.29, 0.717) is 28.9 Å². The number of rotatable bonds is 4. The number of ether oxygens (including phenoxy) is 1. The van der Waals surface area contributed by atoms with E-state index in [2.05, 4.69) is 5.10 Å². The minimum Gasteiger partial charge on any atom is -0.508 e. The van der Waals surface area contributed by atoms with Crippen LogP contribution in [-0.4, -0.2) is 33.4 Å². The van der Waals surface area contributed by atoms with E-state index in [1.165, 1.54) is 22.9 Å². The summed E-state index contributed by atoms with van der Waals surface area (Å²) in [5.74, 6) is 0.627. The smallest absolute Gasteiger partial charge is 0.153 e. The molecule has 0 aliphatic carbocycles. The molecule has 0 fully saturated rings. The number of phenols is 2. The van der Waals surface area contributed by atoms with E-state index in [-0.39, 0.29) is 11.5 Å². The van der Waals surface area contributed by atoms with Gasteiger partial charge >= 0.3 is 0 Å². The summed E-state index contributed by atoms with van der Waals surface area (Å²) >= 11 is 0. The van der Waals surface area contributed by atoms with E-state index in [9.17, 15) is 15.0 Å². The van der Waals surface area contributed by atoms with Crippen molar-refractivity contribution in [2.75, 3.05) is 7.11 Å². The minimum atomic E-state index is -0.0640. The molecule has 0 spiro atoms. The summed E-state index contributed by atoms with van der Waals surface area (Å²) < 4.78 is 6.64. The van der Waals surface area contributed by atoms with Gasteiger partial charge in [-0.2, -0.15) is 5.10 Å². The average Bonchev–Trinajstić information content (AvgIpc) is 3.01. The quantitative estimate of drug-likeness (QED) is 0.572. The van der Waals surface area contributed by atoms with Crippen LogP contribution in [0.2, 0.25) is 0 Å². The lowest BCUT2D eigenvalue weighted by Crippen LogP contribution is -1.95. The molecule has 3 rings (SSSR count). The molecule has 6 nitrogen and oxygen atoms in total. The number of phenolic OH excluding ortho intramolecular Hbond substituents is 2. The van der Waals surface area contributed by atoms with Crippen molar-refractivity contribution in [3.8, 4) is 34.2 Å². The minimum absolute atomic E-state index is 0.0198. The topological polar surface area (TPSA) is 84.6 Å². The second-order valence-electron chi connectivity index (χ2n) is 4.89. The Labute approximate surface area is 132 Å². The number of aldehydes is 1. The Morgan fingerprint density at radius 2 is 1.87 bits per heavy atom. The first-order chi connectivity index (χ1) is 11.1. The van der Waals surface area contributed by atoms with Gasteiger partial charge in [-0.05, 0) is 42.5 Å². The SMILES string of the molecule is COc1ccc(-n2cc(C=O)c(-c3cc(O)ccc3O)n2)cc1. The van der Waals surface area contributed by atoms with Gasteiger partial charge in [0.1, 0.15) is 22.9 Å². The molecule has 2 aromatic carbocycles. The number of hydrogen-bond acceptors (Lipinski definition) is 5. The number of nitrogens with zero attached hydrogens (tertiary/aromatic N) is 2. The molecule has 0 unspecified atom stereocenters. The molecule has 23 heavy (non-hydrogen) atoms. The highest BCUT2D eigenvalue weighted by atomic mass is 16.5. The van der Waals surface area contributed by atoms with Gasteiger partial charge in [0.2, 0.25) is 0 Å². The highest BCUT2D eigenvalue weighted by Gasteiger charge is 2.15. The van der Waals surface area contributed by atoms with Crippen molar-refractivity contribution in [2.24, 2.45) is 0 Å². The highest BCUT2D eigenvalue weighted by Crippen LogP contribution is 2.33. The summed E-state index contributed by atoms with van der Waals surface area (Å²) in [6, 6.07) is 11.2. The molecule has 3 aromatic rings. The normalized spacial score (nSPS) is 10.5. The molecule has 0 amide bonds. The van der Waals surface area contributed by atoms with Crippen molar-refractivity contribution in [1.29, 1.82) is 0 Å². The lowest BCUT2D eigenvalue weighted by molar-refractivity contribution is 0.112. The number of carbonyl (C=O) groups is 1. The van der Waals surface area contributed by atoms with Crippen LogP contribution < -0.4 is 4.74 Å². The summed E-state index contributed by atoms with van der Waals surface area (Å²) in [4.78, 5) is 11.3. The van der Waals surface area contributed by atoms with E-state index < -0.39 is 0 Å². The third-order valence-electron chi connectivity index (χ3n) is 3.44. The van der Waals surface area contributed by atoms with E-state index >= 15 is 0 Å². The monoisotopic (exact) mass is 310 g/mol. The predicted octanol–water partition coefficient (Wildman–Crippen LogP) is 2.77. The number of hydrogen-bond donors (Lipinski definition) is 2. The van der Waals surface area contributed by atoms with Gasteiger partial charge in [-0.1, -0.05) is 0 Å². The Morgan fingerprint density at radius 1 is 1.13 bits per heavy atom. The Hall–Kier alpha value is -3.28. The van der Waals surface area contributed by atoms with Gasteiger partial charge in [0.15, 0.2) is 6.29 Å². The molecule has 0 saturated heterocycles. The van der Waals surface area contributed by atoms with Crippen LogP contribution in [0.4, 0.5) is 0 Å². The maximum Gasteiger partial charge on any atom is 0.153 e. The fraction of sp³-hybridized carbons (Fsp3) is 0.0588. The number of aromatic hydroxyl groups is 2. The zero-order valence-electron chi connectivity index (χ0n) is 12.3. The van der Waals surface area contributed by atoms with Crippen LogP contribution in [0.3, 0.4) is 0 Å². The van der Waals surface area contributed by atoms with Crippen LogP contribution in [0.5, 0.6) is 17.2 Å². The van der Waals surface area contributed by atoms with Gasteiger partial charge in [0.25, 0.3) is 0 Å². The maximum atomic E-state index is 11.3. The lowest BCUT2D eigenvalue weighted by atomic mass is 10.1. The molecule has 6 heteroatoms. The summed E-state index contributed by atoms with van der Waals surface area (Å²) in [5, 5.41) is 23.9. The summed E-state index contributed by atoms with van der Waals surface area (Å²) in [7, 11) is 1.58. The van der Waals surface area contributed by atoms with Gasteiger partial charge in [-0.15, -0.1) is 0 Å². The fourth-order valence-corrected chi connectivity index (χ4v) is 2.26. The van der Waals surface area contributed by atoms with Crippen molar-refractivity contribution in [2.45, 2.75) is 0 Å². The Morgan fingerprint density at radius 3 is 2.52 bits per heavy atom. The fourth-order valence-electron chi connectivity index (χ4n) is 2.26. The maximum absolute atomic E-state index is 11.3. The third-order valence-corrected chi connectivity index (χ3v) is 3.44. The van der Waals surface area contributed by atoms with Gasteiger partial charge in [-0.3, -0.25) is 4.79 Å². The predicted molar refractivity (Wildman–Crippen MR) is 84.3 cm³/mol. The van der Waals surface area contributed by atoms with Gasteiger partial charge in [-0.25, -0.2) is 4.68 Å². The van der Waals surface area contributed by atoms with E-state index in [0.717, 1.165) is 5.69 Å². The van der Waals surface area contributed by atoms with Crippen LogP contribution in [0.1, 0.15) is 10.4 Å². The molecule has 116 valence electrons. The first-order valence-electron chi connectivity index (χ1n) is 6.84. The van der Waals surface area contributed by atoms with Crippen molar-refractivity contribution in [3.05, 3.63) is 54.2 Å². The zero-order valence-corrected chi connectivity index (χ0v) is 12.3. The third kappa shape index (κ3) is 2.74. The standard InChI is InChI=1S/C17H14N2O4/c1-23-14-5-2-12(3-6-14)19-9-11(10-20)17(18-19)15-8-13(21)4-7-16(15)22/h2-10,21-22H,1H3. The highest BCUT2D eigenvalue weighted by molar-refractivity contribution is 5.87. The van der Waals surface area contributed by atoms with Gasteiger partial charge < -0.3 is 14.9 Å². The number of benzene rings is 2. The van der Waals surface area contributed by atoms with Crippen molar-refractivity contribution >= 4 is 6.29 Å². The van der Waals surface area contributed by atoms with Gasteiger partial charge in [0, 0.05) is 11.8 Å².